The van der Waals surface area contributed by atoms with Gasteiger partial charge in [-0.25, -0.2) is 4.68 Å². The van der Waals surface area contributed by atoms with Gasteiger partial charge in [0.25, 0.3) is 0 Å². The van der Waals surface area contributed by atoms with Crippen molar-refractivity contribution < 1.29 is 4.74 Å². The van der Waals surface area contributed by atoms with Crippen LogP contribution < -0.4 is 10.1 Å². The Morgan fingerprint density at radius 2 is 2.14 bits per heavy atom. The quantitative estimate of drug-likeness (QED) is 0.924. The molecule has 1 aliphatic heterocycles. The van der Waals surface area contributed by atoms with Gasteiger partial charge in [0.05, 0.1) is 12.8 Å². The highest BCUT2D eigenvalue weighted by molar-refractivity contribution is 6.30. The molecule has 0 saturated heterocycles. The summed E-state index contributed by atoms with van der Waals surface area (Å²) in [5.41, 5.74) is 3.57. The van der Waals surface area contributed by atoms with Gasteiger partial charge in [-0.1, -0.05) is 24.4 Å². The number of hydrogen-bond acceptors (Lipinski definition) is 3. The fourth-order valence-corrected chi connectivity index (χ4v) is 3.90. The fourth-order valence-electron chi connectivity index (χ4n) is 3.73. The van der Waals surface area contributed by atoms with Crippen LogP contribution in [0.4, 0.5) is 5.82 Å². The zero-order valence-electron chi connectivity index (χ0n) is 12.7. The third-order valence-electron chi connectivity index (χ3n) is 4.79. The Hall–Kier alpha value is -1.68. The van der Waals surface area contributed by atoms with Crippen LogP contribution in [-0.4, -0.2) is 23.4 Å². The molecule has 1 aromatic carbocycles. The van der Waals surface area contributed by atoms with Crippen molar-refractivity contribution in [3.05, 3.63) is 34.5 Å². The number of benzene rings is 1. The highest BCUT2D eigenvalue weighted by atomic mass is 35.5. The highest BCUT2D eigenvalue weighted by Crippen LogP contribution is 2.41. The first kappa shape index (κ1) is 13.9. The molecule has 2 heterocycles. The summed E-state index contributed by atoms with van der Waals surface area (Å²) in [6, 6.07) is 5.67. The Morgan fingerprint density at radius 1 is 1.32 bits per heavy atom. The first-order valence-corrected chi connectivity index (χ1v) is 8.35. The van der Waals surface area contributed by atoms with E-state index < -0.39 is 0 Å². The Labute approximate surface area is 135 Å². The molecular formula is C17H20ClN3O. The zero-order chi connectivity index (χ0) is 15.1. The van der Waals surface area contributed by atoms with Crippen LogP contribution in [0.25, 0.3) is 5.69 Å². The van der Waals surface area contributed by atoms with Gasteiger partial charge < -0.3 is 10.1 Å². The molecule has 0 bridgehead atoms. The lowest BCUT2D eigenvalue weighted by Gasteiger charge is -2.12. The number of rotatable bonds is 3. The SMILES string of the molecule is COc1ccc(Cl)cc1-n1nc(C2CCCC2)c2c1NCC2. The minimum atomic E-state index is 0.611. The number of methoxy groups -OCH3 is 1. The summed E-state index contributed by atoms with van der Waals surface area (Å²) in [7, 11) is 1.68. The fraction of sp³-hybridized carbons (Fsp3) is 0.471. The molecule has 0 spiro atoms. The Bertz CT molecular complexity index is 704. The number of hydrogen-bond donors (Lipinski definition) is 1. The van der Waals surface area contributed by atoms with Crippen LogP contribution in [0.1, 0.15) is 42.9 Å². The second kappa shape index (κ2) is 5.51. The minimum Gasteiger partial charge on any atom is -0.494 e. The number of aromatic nitrogens is 2. The third-order valence-corrected chi connectivity index (χ3v) is 5.03. The van der Waals surface area contributed by atoms with Gasteiger partial charge in [0, 0.05) is 23.0 Å². The lowest BCUT2D eigenvalue weighted by molar-refractivity contribution is 0.411. The largest absolute Gasteiger partial charge is 0.494 e. The first-order chi connectivity index (χ1) is 10.8. The van der Waals surface area contributed by atoms with Crippen molar-refractivity contribution >= 4 is 17.4 Å². The van der Waals surface area contributed by atoms with Crippen molar-refractivity contribution in [3.63, 3.8) is 0 Å². The molecule has 2 aliphatic rings. The van der Waals surface area contributed by atoms with E-state index in [2.05, 4.69) is 5.32 Å². The summed E-state index contributed by atoms with van der Waals surface area (Å²) in [5, 5.41) is 9.13. The maximum atomic E-state index is 6.19. The van der Waals surface area contributed by atoms with E-state index in [1.165, 1.54) is 36.9 Å². The van der Waals surface area contributed by atoms with Gasteiger partial charge in [0.2, 0.25) is 0 Å². The molecule has 1 aliphatic carbocycles. The van der Waals surface area contributed by atoms with Gasteiger partial charge in [-0.05, 0) is 37.5 Å². The molecule has 1 aromatic heterocycles. The Kier molecular flexibility index (Phi) is 3.49. The van der Waals surface area contributed by atoms with Crippen molar-refractivity contribution in [1.82, 2.24) is 9.78 Å². The number of anilines is 1. The number of fused-ring (bicyclic) bond motifs is 1. The standard InChI is InChI=1S/C17H20ClN3O/c1-22-15-7-6-12(18)10-14(15)21-17-13(8-9-19-17)16(20-21)11-4-2-3-5-11/h6-7,10-11,19H,2-5,8-9H2,1H3. The molecule has 0 amide bonds. The zero-order valence-corrected chi connectivity index (χ0v) is 13.5. The number of ether oxygens (including phenoxy) is 1. The Balaban J connectivity index is 1.86. The second-order valence-corrected chi connectivity index (χ2v) is 6.53. The molecule has 4 nitrogen and oxygen atoms in total. The molecule has 4 rings (SSSR count). The summed E-state index contributed by atoms with van der Waals surface area (Å²) in [4.78, 5) is 0. The monoisotopic (exact) mass is 317 g/mol. The molecule has 1 saturated carbocycles. The van der Waals surface area contributed by atoms with E-state index in [0.29, 0.717) is 10.9 Å². The van der Waals surface area contributed by atoms with E-state index in [1.807, 2.05) is 22.9 Å². The second-order valence-electron chi connectivity index (χ2n) is 6.10. The van der Waals surface area contributed by atoms with Gasteiger partial charge in [0.1, 0.15) is 17.3 Å². The first-order valence-electron chi connectivity index (χ1n) is 7.97. The van der Waals surface area contributed by atoms with Crippen LogP contribution in [0.15, 0.2) is 18.2 Å². The molecular weight excluding hydrogens is 298 g/mol. The van der Waals surface area contributed by atoms with E-state index in [4.69, 9.17) is 21.4 Å². The van der Waals surface area contributed by atoms with Crippen LogP contribution in [0.2, 0.25) is 5.02 Å². The molecule has 0 atom stereocenters. The van der Waals surface area contributed by atoms with Crippen LogP contribution in [0, 0.1) is 0 Å². The smallest absolute Gasteiger partial charge is 0.144 e. The summed E-state index contributed by atoms with van der Waals surface area (Å²) in [5.74, 6) is 2.52. The predicted molar refractivity (Wildman–Crippen MR) is 88.5 cm³/mol. The molecule has 0 radical (unpaired) electrons. The van der Waals surface area contributed by atoms with Crippen LogP contribution in [-0.2, 0) is 6.42 Å². The number of nitrogens with one attached hydrogen (secondary N) is 1. The predicted octanol–water partition coefficient (Wildman–Crippen LogP) is 4.16. The molecule has 116 valence electrons. The van der Waals surface area contributed by atoms with Crippen molar-refractivity contribution in [2.24, 2.45) is 0 Å². The van der Waals surface area contributed by atoms with Crippen LogP contribution >= 0.6 is 11.6 Å². The summed E-state index contributed by atoms with van der Waals surface area (Å²) in [6.07, 6.45) is 6.22. The molecule has 0 unspecified atom stereocenters. The summed E-state index contributed by atoms with van der Waals surface area (Å²) in [6.45, 7) is 0.982. The lowest BCUT2D eigenvalue weighted by Crippen LogP contribution is -2.07. The molecule has 22 heavy (non-hydrogen) atoms. The number of nitrogens with zero attached hydrogens (tertiary/aromatic N) is 2. The topological polar surface area (TPSA) is 39.1 Å². The lowest BCUT2D eigenvalue weighted by atomic mass is 9.99. The summed E-state index contributed by atoms with van der Waals surface area (Å²) >= 11 is 6.19. The molecule has 1 fully saturated rings. The van der Waals surface area contributed by atoms with Gasteiger partial charge in [-0.15, -0.1) is 0 Å². The normalized spacial score (nSPS) is 17.5. The van der Waals surface area contributed by atoms with Crippen LogP contribution in [0.5, 0.6) is 5.75 Å². The van der Waals surface area contributed by atoms with E-state index in [0.717, 1.165) is 30.2 Å². The molecule has 5 heteroatoms. The van der Waals surface area contributed by atoms with E-state index >= 15 is 0 Å². The average Bonchev–Trinajstić information content (AvgIpc) is 3.24. The molecule has 2 aromatic rings. The Morgan fingerprint density at radius 3 is 2.91 bits per heavy atom. The maximum absolute atomic E-state index is 6.19. The van der Waals surface area contributed by atoms with Crippen molar-refractivity contribution in [2.75, 3.05) is 19.0 Å². The summed E-state index contributed by atoms with van der Waals surface area (Å²) < 4.78 is 7.49. The van der Waals surface area contributed by atoms with Gasteiger partial charge >= 0.3 is 0 Å². The maximum Gasteiger partial charge on any atom is 0.144 e. The van der Waals surface area contributed by atoms with E-state index in [9.17, 15) is 0 Å². The van der Waals surface area contributed by atoms with Gasteiger partial charge in [0.15, 0.2) is 0 Å². The van der Waals surface area contributed by atoms with Crippen LogP contribution in [0.3, 0.4) is 0 Å². The van der Waals surface area contributed by atoms with Crippen molar-refractivity contribution in [2.45, 2.75) is 38.0 Å². The molecule has 1 N–H and O–H groups in total. The van der Waals surface area contributed by atoms with E-state index in [-0.39, 0.29) is 0 Å². The van der Waals surface area contributed by atoms with Crippen molar-refractivity contribution in [3.8, 4) is 11.4 Å². The number of halogens is 1. The van der Waals surface area contributed by atoms with E-state index in [1.54, 1.807) is 7.11 Å². The van der Waals surface area contributed by atoms with Crippen molar-refractivity contribution in [1.29, 1.82) is 0 Å². The highest BCUT2D eigenvalue weighted by Gasteiger charge is 2.30. The minimum absolute atomic E-state index is 0.611. The average molecular weight is 318 g/mol. The van der Waals surface area contributed by atoms with Gasteiger partial charge in [-0.3, -0.25) is 0 Å². The third kappa shape index (κ3) is 2.17. The van der Waals surface area contributed by atoms with Gasteiger partial charge in [-0.2, -0.15) is 5.10 Å².